The Bertz CT molecular complexity index is 1040. The van der Waals surface area contributed by atoms with Crippen molar-refractivity contribution in [3.05, 3.63) is 71.2 Å². The second-order valence-electron chi connectivity index (χ2n) is 6.54. The van der Waals surface area contributed by atoms with E-state index in [-0.39, 0.29) is 18.6 Å². The molecule has 1 aromatic heterocycles. The summed E-state index contributed by atoms with van der Waals surface area (Å²) < 4.78 is 40.6. The first kappa shape index (κ1) is 22.3. The molecule has 6 nitrogen and oxygen atoms in total. The molecular weight excluding hydrogens is 433 g/mol. The van der Waals surface area contributed by atoms with Gasteiger partial charge in [0, 0.05) is 17.4 Å². The Morgan fingerprint density at radius 3 is 2.39 bits per heavy atom. The summed E-state index contributed by atoms with van der Waals surface area (Å²) in [5, 5.41) is 14.0. The molecule has 0 spiro atoms. The van der Waals surface area contributed by atoms with E-state index in [9.17, 15) is 27.9 Å². The van der Waals surface area contributed by atoms with Crippen molar-refractivity contribution in [2.75, 3.05) is 0 Å². The van der Waals surface area contributed by atoms with E-state index in [4.69, 9.17) is 0 Å². The van der Waals surface area contributed by atoms with Crippen LogP contribution in [0.1, 0.15) is 11.3 Å². The van der Waals surface area contributed by atoms with E-state index < -0.39 is 24.3 Å². The van der Waals surface area contributed by atoms with Crippen molar-refractivity contribution in [3.63, 3.8) is 0 Å². The van der Waals surface area contributed by atoms with Gasteiger partial charge in [0.15, 0.2) is 0 Å². The first-order chi connectivity index (χ1) is 14.7. The number of carbonyl (C=O) groups is 2. The lowest BCUT2D eigenvalue weighted by Crippen LogP contribution is -2.43. The Kier molecular flexibility index (Phi) is 6.91. The molecule has 3 rings (SSSR count). The van der Waals surface area contributed by atoms with E-state index in [1.165, 1.54) is 35.6 Å². The molecule has 1 amide bonds. The minimum atomic E-state index is -4.77. The number of halogens is 3. The smallest absolute Gasteiger partial charge is 0.480 e. The lowest BCUT2D eigenvalue weighted by atomic mass is 10.1. The summed E-state index contributed by atoms with van der Waals surface area (Å²) in [5.74, 6) is -1.98. The molecule has 0 fully saturated rings. The molecule has 0 aliphatic rings. The van der Waals surface area contributed by atoms with Gasteiger partial charge in [0.05, 0.1) is 12.1 Å². The molecule has 3 aromatic rings. The summed E-state index contributed by atoms with van der Waals surface area (Å²) in [6.07, 6.45) is -4.74. The fourth-order valence-electron chi connectivity index (χ4n) is 2.78. The molecule has 0 radical (unpaired) electrons. The van der Waals surface area contributed by atoms with Crippen molar-refractivity contribution >= 4 is 23.2 Å². The molecule has 0 aliphatic carbocycles. The Morgan fingerprint density at radius 2 is 1.77 bits per heavy atom. The third kappa shape index (κ3) is 6.82. The first-order valence-electron chi connectivity index (χ1n) is 9.06. The standard InChI is InChI=1S/C21H17F3N2O4S/c22-21(23,24)30-16-8-6-14(7-9-16)19-25-15(12-31-19)11-18(27)26-17(20(28)29)10-13-4-2-1-3-5-13/h1-9,12,17H,10-11H2,(H,26,27)(H,28,29)/t17-/m1/s1. The van der Waals surface area contributed by atoms with E-state index in [0.717, 1.165) is 5.56 Å². The van der Waals surface area contributed by atoms with Crippen LogP contribution in [-0.4, -0.2) is 34.4 Å². The summed E-state index contributed by atoms with van der Waals surface area (Å²) in [4.78, 5) is 28.1. The van der Waals surface area contributed by atoms with E-state index in [1.54, 1.807) is 29.6 Å². The van der Waals surface area contributed by atoms with E-state index >= 15 is 0 Å². The van der Waals surface area contributed by atoms with Gasteiger partial charge in [-0.25, -0.2) is 9.78 Å². The highest BCUT2D eigenvalue weighted by molar-refractivity contribution is 7.13. The lowest BCUT2D eigenvalue weighted by molar-refractivity contribution is -0.274. The number of amides is 1. The largest absolute Gasteiger partial charge is 0.573 e. The number of rotatable bonds is 8. The van der Waals surface area contributed by atoms with Gasteiger partial charge in [0.2, 0.25) is 5.91 Å². The molecule has 0 aliphatic heterocycles. The third-order valence-corrected chi connectivity index (χ3v) is 5.08. The number of thiazole rings is 1. The van der Waals surface area contributed by atoms with Crippen molar-refractivity contribution in [2.24, 2.45) is 0 Å². The number of carboxylic acids is 1. The van der Waals surface area contributed by atoms with Gasteiger partial charge in [-0.3, -0.25) is 4.79 Å². The molecule has 0 bridgehead atoms. The minimum Gasteiger partial charge on any atom is -0.480 e. The molecule has 162 valence electrons. The van der Waals surface area contributed by atoms with Crippen molar-refractivity contribution in [2.45, 2.75) is 25.2 Å². The number of aromatic nitrogens is 1. The summed E-state index contributed by atoms with van der Waals surface area (Å²) in [5.41, 5.74) is 1.78. The number of nitrogens with one attached hydrogen (secondary N) is 1. The zero-order chi connectivity index (χ0) is 22.4. The second-order valence-corrected chi connectivity index (χ2v) is 7.40. The number of aliphatic carboxylic acids is 1. The highest BCUT2D eigenvalue weighted by Gasteiger charge is 2.31. The van der Waals surface area contributed by atoms with Gasteiger partial charge in [-0.1, -0.05) is 30.3 Å². The predicted molar refractivity (Wildman–Crippen MR) is 108 cm³/mol. The van der Waals surface area contributed by atoms with Gasteiger partial charge in [-0.2, -0.15) is 0 Å². The highest BCUT2D eigenvalue weighted by atomic mass is 32.1. The Labute approximate surface area is 179 Å². The van der Waals surface area contributed by atoms with Crippen LogP contribution >= 0.6 is 11.3 Å². The summed E-state index contributed by atoms with van der Waals surface area (Å²) in [6.45, 7) is 0. The zero-order valence-corrected chi connectivity index (χ0v) is 16.7. The average Bonchev–Trinajstić information content (AvgIpc) is 3.16. The lowest BCUT2D eigenvalue weighted by Gasteiger charge is -2.14. The molecule has 1 heterocycles. The number of carboxylic acid groups (broad SMARTS) is 1. The van der Waals surface area contributed by atoms with Crippen molar-refractivity contribution < 1.29 is 32.6 Å². The van der Waals surface area contributed by atoms with Crippen LogP contribution in [-0.2, 0) is 22.4 Å². The van der Waals surface area contributed by atoms with Crippen LogP contribution in [0, 0.1) is 0 Å². The van der Waals surface area contributed by atoms with Crippen molar-refractivity contribution in [3.8, 4) is 16.3 Å². The zero-order valence-electron chi connectivity index (χ0n) is 15.9. The molecule has 0 saturated heterocycles. The van der Waals surface area contributed by atoms with Gasteiger partial charge < -0.3 is 15.2 Å². The van der Waals surface area contributed by atoms with E-state index in [1.807, 2.05) is 6.07 Å². The van der Waals surface area contributed by atoms with Crippen LogP contribution in [0.2, 0.25) is 0 Å². The van der Waals surface area contributed by atoms with Crippen LogP contribution < -0.4 is 10.1 Å². The highest BCUT2D eigenvalue weighted by Crippen LogP contribution is 2.28. The molecule has 1 atom stereocenters. The van der Waals surface area contributed by atoms with Gasteiger partial charge in [0.25, 0.3) is 0 Å². The van der Waals surface area contributed by atoms with Gasteiger partial charge in [-0.05, 0) is 29.8 Å². The number of nitrogens with zero attached hydrogens (tertiary/aromatic N) is 1. The van der Waals surface area contributed by atoms with Gasteiger partial charge in [0.1, 0.15) is 16.8 Å². The first-order valence-corrected chi connectivity index (χ1v) is 9.94. The maximum atomic E-state index is 12.3. The number of ether oxygens (including phenoxy) is 1. The molecular formula is C21H17F3N2O4S. The van der Waals surface area contributed by atoms with Crippen LogP contribution in [0.15, 0.2) is 60.0 Å². The molecule has 31 heavy (non-hydrogen) atoms. The Hall–Kier alpha value is -3.40. The summed E-state index contributed by atoms with van der Waals surface area (Å²) >= 11 is 1.22. The van der Waals surface area contributed by atoms with Gasteiger partial charge in [-0.15, -0.1) is 24.5 Å². The topological polar surface area (TPSA) is 88.5 Å². The van der Waals surface area contributed by atoms with Crippen LogP contribution in [0.25, 0.3) is 10.6 Å². The fourth-order valence-corrected chi connectivity index (χ4v) is 3.61. The number of hydrogen-bond acceptors (Lipinski definition) is 5. The Morgan fingerprint density at radius 1 is 1.10 bits per heavy atom. The number of alkyl halides is 3. The molecule has 0 saturated carbocycles. The third-order valence-electron chi connectivity index (χ3n) is 4.14. The maximum absolute atomic E-state index is 12.3. The normalized spacial score (nSPS) is 12.2. The van der Waals surface area contributed by atoms with Crippen LogP contribution in [0.4, 0.5) is 13.2 Å². The van der Waals surface area contributed by atoms with Crippen molar-refractivity contribution in [1.29, 1.82) is 0 Å². The Balaban J connectivity index is 1.60. The van der Waals surface area contributed by atoms with Crippen LogP contribution in [0.5, 0.6) is 5.75 Å². The monoisotopic (exact) mass is 450 g/mol. The second kappa shape index (κ2) is 9.61. The van der Waals surface area contributed by atoms with Crippen LogP contribution in [0.3, 0.4) is 0 Å². The maximum Gasteiger partial charge on any atom is 0.573 e. The summed E-state index contributed by atoms with van der Waals surface area (Å²) in [7, 11) is 0. The van der Waals surface area contributed by atoms with Crippen molar-refractivity contribution in [1.82, 2.24) is 10.3 Å². The molecule has 0 unspecified atom stereocenters. The molecule has 2 aromatic carbocycles. The fraction of sp³-hybridized carbons (Fsp3) is 0.190. The number of hydrogen-bond donors (Lipinski definition) is 2. The predicted octanol–water partition coefficient (Wildman–Crippen LogP) is 4.06. The average molecular weight is 450 g/mol. The molecule has 2 N–H and O–H groups in total. The number of benzene rings is 2. The molecule has 10 heteroatoms. The SMILES string of the molecule is O=C(Cc1csc(-c2ccc(OC(F)(F)F)cc2)n1)N[C@H](Cc1ccccc1)C(=O)O. The van der Waals surface area contributed by atoms with E-state index in [2.05, 4.69) is 15.0 Å². The quantitative estimate of drug-likeness (QED) is 0.540. The minimum absolute atomic E-state index is 0.121. The number of carbonyl (C=O) groups excluding carboxylic acids is 1. The summed E-state index contributed by atoms with van der Waals surface area (Å²) in [6, 6.07) is 13.1. The van der Waals surface area contributed by atoms with Gasteiger partial charge >= 0.3 is 12.3 Å². The van der Waals surface area contributed by atoms with E-state index in [0.29, 0.717) is 16.3 Å².